The average molecular weight is 275 g/mol. The van der Waals surface area contributed by atoms with Gasteiger partial charge in [-0.15, -0.1) is 0 Å². The van der Waals surface area contributed by atoms with Gasteiger partial charge in [-0.25, -0.2) is 0 Å². The summed E-state index contributed by atoms with van der Waals surface area (Å²) in [6.07, 6.45) is 0. The lowest BCUT2D eigenvalue weighted by molar-refractivity contribution is -0.125. The van der Waals surface area contributed by atoms with Gasteiger partial charge in [0.25, 0.3) is 0 Å². The highest BCUT2D eigenvalue weighted by molar-refractivity contribution is 6.35. The topological polar surface area (TPSA) is 32.3 Å². The number of hydrogen-bond acceptors (Lipinski definition) is 2. The van der Waals surface area contributed by atoms with Gasteiger partial charge in [0, 0.05) is 23.6 Å². The van der Waals surface area contributed by atoms with Gasteiger partial charge in [0.2, 0.25) is 5.91 Å². The van der Waals surface area contributed by atoms with E-state index >= 15 is 0 Å². The first-order valence-corrected chi connectivity index (χ1v) is 6.07. The fourth-order valence-corrected chi connectivity index (χ4v) is 1.93. The van der Waals surface area contributed by atoms with Crippen LogP contribution >= 0.6 is 23.2 Å². The summed E-state index contributed by atoms with van der Waals surface area (Å²) < 4.78 is 0. The molecule has 5 heteroatoms. The molecular weight excluding hydrogens is 259 g/mol. The molecular formula is C12H16Cl2N2O. The van der Waals surface area contributed by atoms with Crippen molar-refractivity contribution >= 4 is 29.1 Å². The van der Waals surface area contributed by atoms with Gasteiger partial charge in [-0.2, -0.15) is 0 Å². The highest BCUT2D eigenvalue weighted by Gasteiger charge is 2.17. The Morgan fingerprint density at radius 2 is 2.12 bits per heavy atom. The maximum Gasteiger partial charge on any atom is 0.236 e. The maximum absolute atomic E-state index is 11.5. The standard InChI is InChI=1S/C12H16Cl2N2O/c1-8(12(17)15-2)16(3)7-9-4-5-10(13)6-11(9)14/h4-6,8H,7H2,1-3H3,(H,15,17)/t8-/m1/s1. The third kappa shape index (κ3) is 3.87. The van der Waals surface area contributed by atoms with E-state index < -0.39 is 0 Å². The van der Waals surface area contributed by atoms with Crippen LogP contribution in [0.1, 0.15) is 12.5 Å². The van der Waals surface area contributed by atoms with E-state index in [0.29, 0.717) is 16.6 Å². The molecule has 1 atom stereocenters. The summed E-state index contributed by atoms with van der Waals surface area (Å²) in [6, 6.07) is 5.17. The van der Waals surface area contributed by atoms with Gasteiger partial charge in [-0.3, -0.25) is 9.69 Å². The molecule has 1 amide bonds. The number of benzene rings is 1. The van der Waals surface area contributed by atoms with E-state index in [9.17, 15) is 4.79 Å². The van der Waals surface area contributed by atoms with Crippen LogP contribution < -0.4 is 5.32 Å². The number of likely N-dealkylation sites (N-methyl/N-ethyl adjacent to an activating group) is 2. The Balaban J connectivity index is 2.74. The number of carbonyl (C=O) groups is 1. The minimum atomic E-state index is -0.202. The monoisotopic (exact) mass is 274 g/mol. The molecule has 0 heterocycles. The first-order chi connectivity index (χ1) is 7.95. The van der Waals surface area contributed by atoms with Crippen molar-refractivity contribution in [2.75, 3.05) is 14.1 Å². The average Bonchev–Trinajstić information content (AvgIpc) is 2.30. The lowest BCUT2D eigenvalue weighted by atomic mass is 10.2. The fraction of sp³-hybridized carbons (Fsp3) is 0.417. The molecule has 1 aromatic rings. The van der Waals surface area contributed by atoms with Crippen molar-refractivity contribution in [3.63, 3.8) is 0 Å². The minimum Gasteiger partial charge on any atom is -0.358 e. The Morgan fingerprint density at radius 1 is 1.47 bits per heavy atom. The third-order valence-electron chi connectivity index (χ3n) is 2.72. The van der Waals surface area contributed by atoms with Crippen molar-refractivity contribution in [3.05, 3.63) is 33.8 Å². The molecule has 1 N–H and O–H groups in total. The number of halogens is 2. The summed E-state index contributed by atoms with van der Waals surface area (Å²) in [5.74, 6) is -0.0161. The summed E-state index contributed by atoms with van der Waals surface area (Å²) in [4.78, 5) is 13.4. The van der Waals surface area contributed by atoms with E-state index in [1.54, 1.807) is 19.2 Å². The van der Waals surface area contributed by atoms with Crippen molar-refractivity contribution in [2.24, 2.45) is 0 Å². The molecule has 0 aliphatic carbocycles. The number of amides is 1. The number of nitrogens with one attached hydrogen (secondary N) is 1. The predicted octanol–water partition coefficient (Wildman–Crippen LogP) is 2.56. The molecule has 0 spiro atoms. The molecule has 1 aromatic carbocycles. The molecule has 0 aromatic heterocycles. The zero-order chi connectivity index (χ0) is 13.0. The number of hydrogen-bond donors (Lipinski definition) is 1. The van der Waals surface area contributed by atoms with E-state index in [1.807, 2.05) is 24.9 Å². The molecule has 0 radical (unpaired) electrons. The third-order valence-corrected chi connectivity index (χ3v) is 3.31. The van der Waals surface area contributed by atoms with Gasteiger partial charge in [0.05, 0.1) is 6.04 Å². The second-order valence-corrected chi connectivity index (χ2v) is 4.78. The Morgan fingerprint density at radius 3 is 2.65 bits per heavy atom. The first kappa shape index (κ1) is 14.3. The van der Waals surface area contributed by atoms with Crippen LogP contribution in [0.4, 0.5) is 0 Å². The second-order valence-electron chi connectivity index (χ2n) is 3.94. The fourth-order valence-electron chi connectivity index (χ4n) is 1.46. The normalized spacial score (nSPS) is 12.6. The van der Waals surface area contributed by atoms with Gasteiger partial charge >= 0.3 is 0 Å². The van der Waals surface area contributed by atoms with E-state index in [2.05, 4.69) is 5.32 Å². The van der Waals surface area contributed by atoms with E-state index in [0.717, 1.165) is 5.56 Å². The first-order valence-electron chi connectivity index (χ1n) is 5.31. The summed E-state index contributed by atoms with van der Waals surface area (Å²) in [5, 5.41) is 3.85. The zero-order valence-corrected chi connectivity index (χ0v) is 11.6. The second kappa shape index (κ2) is 6.24. The van der Waals surface area contributed by atoms with Crippen molar-refractivity contribution in [3.8, 4) is 0 Å². The van der Waals surface area contributed by atoms with Crippen LogP contribution in [0.2, 0.25) is 10.0 Å². The Labute approximate surface area is 112 Å². The lowest BCUT2D eigenvalue weighted by Crippen LogP contribution is -2.41. The van der Waals surface area contributed by atoms with Crippen molar-refractivity contribution in [1.29, 1.82) is 0 Å². The van der Waals surface area contributed by atoms with Gasteiger partial charge in [0.1, 0.15) is 0 Å². The Kier molecular flexibility index (Phi) is 5.25. The Bertz CT molecular complexity index is 409. The summed E-state index contributed by atoms with van der Waals surface area (Å²) in [7, 11) is 3.51. The van der Waals surface area contributed by atoms with Crippen LogP contribution in [0.25, 0.3) is 0 Å². The van der Waals surface area contributed by atoms with Crippen LogP contribution in [0, 0.1) is 0 Å². The van der Waals surface area contributed by atoms with Gasteiger partial charge < -0.3 is 5.32 Å². The quantitative estimate of drug-likeness (QED) is 0.916. The molecule has 94 valence electrons. The molecule has 17 heavy (non-hydrogen) atoms. The zero-order valence-electron chi connectivity index (χ0n) is 10.1. The van der Waals surface area contributed by atoms with E-state index in [1.165, 1.54) is 0 Å². The van der Waals surface area contributed by atoms with E-state index in [4.69, 9.17) is 23.2 Å². The van der Waals surface area contributed by atoms with Crippen LogP contribution in [0.5, 0.6) is 0 Å². The van der Waals surface area contributed by atoms with Gasteiger partial charge in [0.15, 0.2) is 0 Å². The van der Waals surface area contributed by atoms with E-state index in [-0.39, 0.29) is 11.9 Å². The predicted molar refractivity (Wildman–Crippen MR) is 71.5 cm³/mol. The number of carbonyl (C=O) groups excluding carboxylic acids is 1. The van der Waals surface area contributed by atoms with Gasteiger partial charge in [-0.1, -0.05) is 29.3 Å². The molecule has 1 rings (SSSR count). The summed E-state index contributed by atoms with van der Waals surface area (Å²) in [5.41, 5.74) is 0.953. The molecule has 0 unspecified atom stereocenters. The van der Waals surface area contributed by atoms with Crippen molar-refractivity contribution in [1.82, 2.24) is 10.2 Å². The molecule has 0 saturated carbocycles. The molecule has 3 nitrogen and oxygen atoms in total. The lowest BCUT2D eigenvalue weighted by Gasteiger charge is -2.23. The molecule has 0 saturated heterocycles. The number of rotatable bonds is 4. The highest BCUT2D eigenvalue weighted by atomic mass is 35.5. The molecule has 0 aliphatic rings. The van der Waals surface area contributed by atoms with Crippen LogP contribution in [0.3, 0.4) is 0 Å². The van der Waals surface area contributed by atoms with Crippen molar-refractivity contribution in [2.45, 2.75) is 19.5 Å². The Hall–Kier alpha value is -0.770. The SMILES string of the molecule is CNC(=O)[C@@H](C)N(C)Cc1ccc(Cl)cc1Cl. The summed E-state index contributed by atoms with van der Waals surface area (Å²) >= 11 is 11.9. The van der Waals surface area contributed by atoms with Crippen LogP contribution in [0.15, 0.2) is 18.2 Å². The largest absolute Gasteiger partial charge is 0.358 e. The minimum absolute atomic E-state index is 0.0161. The summed E-state index contributed by atoms with van der Waals surface area (Å²) in [6.45, 7) is 2.45. The van der Waals surface area contributed by atoms with Crippen molar-refractivity contribution < 1.29 is 4.79 Å². The van der Waals surface area contributed by atoms with Crippen LogP contribution in [-0.4, -0.2) is 30.9 Å². The van der Waals surface area contributed by atoms with Gasteiger partial charge in [-0.05, 0) is 31.7 Å². The number of nitrogens with zero attached hydrogens (tertiary/aromatic N) is 1. The molecule has 0 bridgehead atoms. The molecule has 0 fully saturated rings. The van der Waals surface area contributed by atoms with Crippen LogP contribution in [-0.2, 0) is 11.3 Å². The smallest absolute Gasteiger partial charge is 0.236 e. The highest BCUT2D eigenvalue weighted by Crippen LogP contribution is 2.22. The maximum atomic E-state index is 11.5. The molecule has 0 aliphatic heterocycles.